The molecule has 1 aromatic heterocycles. The first-order valence-electron chi connectivity index (χ1n) is 6.58. The number of carbonyl (C=O) groups is 1. The molecule has 0 unspecified atom stereocenters. The lowest BCUT2D eigenvalue weighted by Crippen LogP contribution is -2.18. The largest absolute Gasteiger partial charge is 0.324 e. The maximum Gasteiger partial charge on any atom is 0.324 e. The van der Waals surface area contributed by atoms with Crippen LogP contribution in [-0.2, 0) is 0 Å². The Bertz CT molecular complexity index is 724. The van der Waals surface area contributed by atoms with E-state index in [1.54, 1.807) is 0 Å². The average Bonchev–Trinajstić information content (AvgIpc) is 3.01. The Morgan fingerprint density at radius 3 is 2.38 bits per heavy atom. The molecule has 4 heteroatoms. The van der Waals surface area contributed by atoms with Gasteiger partial charge in [-0.05, 0) is 40.8 Å². The minimum Gasteiger partial charge on any atom is -0.308 e. The van der Waals surface area contributed by atoms with E-state index < -0.39 is 0 Å². The molecule has 0 bridgehead atoms. The number of urea groups is 1. The van der Waals surface area contributed by atoms with Crippen molar-refractivity contribution in [2.75, 3.05) is 10.6 Å². The number of benzene rings is 2. The van der Waals surface area contributed by atoms with Crippen LogP contribution in [0.25, 0.3) is 11.1 Å². The Hall–Kier alpha value is -2.59. The molecule has 2 aromatic carbocycles. The standard InChI is InChI=1S/C17H14N2OS/c20-17(19-16-10-5-11-21-16)18-15-9-4-8-14(12-15)13-6-2-1-3-7-13/h1-12H,(H2,18,19,20). The summed E-state index contributed by atoms with van der Waals surface area (Å²) in [4.78, 5) is 11.9. The Balaban J connectivity index is 1.73. The first-order valence-corrected chi connectivity index (χ1v) is 7.46. The number of rotatable bonds is 3. The Morgan fingerprint density at radius 2 is 1.62 bits per heavy atom. The average molecular weight is 294 g/mol. The molecule has 0 saturated carbocycles. The molecule has 3 nitrogen and oxygen atoms in total. The highest BCUT2D eigenvalue weighted by Crippen LogP contribution is 2.22. The van der Waals surface area contributed by atoms with Gasteiger partial charge in [0.15, 0.2) is 0 Å². The monoisotopic (exact) mass is 294 g/mol. The van der Waals surface area contributed by atoms with E-state index in [-0.39, 0.29) is 6.03 Å². The summed E-state index contributed by atoms with van der Waals surface area (Å²) in [5.74, 6) is 0. The Morgan fingerprint density at radius 1 is 0.810 bits per heavy atom. The predicted molar refractivity (Wildman–Crippen MR) is 88.8 cm³/mol. The van der Waals surface area contributed by atoms with Gasteiger partial charge in [-0.15, -0.1) is 11.3 Å². The van der Waals surface area contributed by atoms with E-state index in [0.717, 1.165) is 21.8 Å². The van der Waals surface area contributed by atoms with Crippen LogP contribution in [0.2, 0.25) is 0 Å². The highest BCUT2D eigenvalue weighted by atomic mass is 32.1. The number of nitrogens with one attached hydrogen (secondary N) is 2. The van der Waals surface area contributed by atoms with Crippen molar-refractivity contribution in [2.45, 2.75) is 0 Å². The second-order valence-corrected chi connectivity index (χ2v) is 5.45. The van der Waals surface area contributed by atoms with Gasteiger partial charge in [-0.1, -0.05) is 42.5 Å². The smallest absolute Gasteiger partial charge is 0.308 e. The van der Waals surface area contributed by atoms with Crippen molar-refractivity contribution >= 4 is 28.1 Å². The van der Waals surface area contributed by atoms with Gasteiger partial charge in [0, 0.05) is 5.69 Å². The van der Waals surface area contributed by atoms with E-state index in [2.05, 4.69) is 10.6 Å². The molecule has 0 atom stereocenters. The van der Waals surface area contributed by atoms with Crippen LogP contribution in [0.15, 0.2) is 72.1 Å². The van der Waals surface area contributed by atoms with Gasteiger partial charge in [-0.2, -0.15) is 0 Å². The molecule has 1 heterocycles. The quantitative estimate of drug-likeness (QED) is 0.696. The summed E-state index contributed by atoms with van der Waals surface area (Å²) in [5.41, 5.74) is 2.97. The van der Waals surface area contributed by atoms with Crippen LogP contribution in [0.3, 0.4) is 0 Å². The molecule has 0 radical (unpaired) electrons. The normalized spacial score (nSPS) is 10.1. The molecule has 0 spiro atoms. The van der Waals surface area contributed by atoms with Crippen molar-refractivity contribution in [3.05, 3.63) is 72.1 Å². The second kappa shape index (κ2) is 6.24. The summed E-state index contributed by atoms with van der Waals surface area (Å²) in [6.45, 7) is 0. The van der Waals surface area contributed by atoms with Crippen LogP contribution in [0.1, 0.15) is 0 Å². The lowest BCUT2D eigenvalue weighted by Gasteiger charge is -2.08. The number of hydrogen-bond donors (Lipinski definition) is 2. The maximum atomic E-state index is 11.9. The Kier molecular flexibility index (Phi) is 3.98. The predicted octanol–water partition coefficient (Wildman–Crippen LogP) is 5.06. The van der Waals surface area contributed by atoms with Crippen LogP contribution in [-0.4, -0.2) is 6.03 Å². The number of anilines is 2. The van der Waals surface area contributed by atoms with E-state index in [1.807, 2.05) is 72.1 Å². The van der Waals surface area contributed by atoms with Crippen LogP contribution < -0.4 is 10.6 Å². The molecule has 0 saturated heterocycles. The SMILES string of the molecule is O=C(Nc1cccc(-c2ccccc2)c1)Nc1cccs1. The van der Waals surface area contributed by atoms with E-state index in [9.17, 15) is 4.79 Å². The van der Waals surface area contributed by atoms with E-state index in [4.69, 9.17) is 0 Å². The Labute approximate surface area is 127 Å². The summed E-state index contributed by atoms with van der Waals surface area (Å²) in [6.07, 6.45) is 0. The highest BCUT2D eigenvalue weighted by molar-refractivity contribution is 7.14. The summed E-state index contributed by atoms with van der Waals surface area (Å²) >= 11 is 1.49. The lowest BCUT2D eigenvalue weighted by atomic mass is 10.1. The zero-order valence-electron chi connectivity index (χ0n) is 11.2. The molecule has 0 aliphatic heterocycles. The van der Waals surface area contributed by atoms with E-state index in [0.29, 0.717) is 0 Å². The van der Waals surface area contributed by atoms with Gasteiger partial charge in [-0.25, -0.2) is 4.79 Å². The van der Waals surface area contributed by atoms with Crippen molar-refractivity contribution in [1.82, 2.24) is 0 Å². The molecule has 2 N–H and O–H groups in total. The van der Waals surface area contributed by atoms with E-state index >= 15 is 0 Å². The number of carbonyl (C=O) groups excluding carboxylic acids is 1. The van der Waals surface area contributed by atoms with Gasteiger partial charge in [0.2, 0.25) is 0 Å². The zero-order valence-corrected chi connectivity index (χ0v) is 12.1. The number of hydrogen-bond acceptors (Lipinski definition) is 2. The minimum atomic E-state index is -0.234. The van der Waals surface area contributed by atoms with Crippen molar-refractivity contribution in [1.29, 1.82) is 0 Å². The van der Waals surface area contributed by atoms with Crippen LogP contribution in [0, 0.1) is 0 Å². The molecular formula is C17H14N2OS. The van der Waals surface area contributed by atoms with Gasteiger partial charge in [0.05, 0.1) is 5.00 Å². The van der Waals surface area contributed by atoms with Crippen molar-refractivity contribution in [3.63, 3.8) is 0 Å². The molecular weight excluding hydrogens is 280 g/mol. The van der Waals surface area contributed by atoms with Gasteiger partial charge in [0.25, 0.3) is 0 Å². The summed E-state index contributed by atoms with van der Waals surface area (Å²) in [6, 6.07) is 21.4. The van der Waals surface area contributed by atoms with Crippen LogP contribution in [0.4, 0.5) is 15.5 Å². The topological polar surface area (TPSA) is 41.1 Å². The lowest BCUT2D eigenvalue weighted by molar-refractivity contribution is 0.262. The van der Waals surface area contributed by atoms with Gasteiger partial charge in [-0.3, -0.25) is 5.32 Å². The van der Waals surface area contributed by atoms with E-state index in [1.165, 1.54) is 11.3 Å². The first kappa shape index (κ1) is 13.4. The maximum absolute atomic E-state index is 11.9. The molecule has 3 aromatic rings. The van der Waals surface area contributed by atoms with Gasteiger partial charge >= 0.3 is 6.03 Å². The molecule has 0 aliphatic carbocycles. The summed E-state index contributed by atoms with van der Waals surface area (Å²) < 4.78 is 0. The van der Waals surface area contributed by atoms with Gasteiger partial charge < -0.3 is 5.32 Å². The fraction of sp³-hybridized carbons (Fsp3) is 0. The zero-order chi connectivity index (χ0) is 14.5. The molecule has 0 aliphatic rings. The fourth-order valence-corrected chi connectivity index (χ4v) is 2.64. The molecule has 2 amide bonds. The van der Waals surface area contributed by atoms with Crippen molar-refractivity contribution in [2.24, 2.45) is 0 Å². The number of thiophene rings is 1. The summed E-state index contributed by atoms with van der Waals surface area (Å²) in [5, 5.41) is 8.39. The molecule has 0 fully saturated rings. The summed E-state index contributed by atoms with van der Waals surface area (Å²) in [7, 11) is 0. The van der Waals surface area contributed by atoms with Crippen molar-refractivity contribution in [3.8, 4) is 11.1 Å². The molecule has 104 valence electrons. The van der Waals surface area contributed by atoms with Crippen LogP contribution >= 0.6 is 11.3 Å². The first-order chi connectivity index (χ1) is 10.3. The molecule has 3 rings (SSSR count). The minimum absolute atomic E-state index is 0.234. The third-order valence-corrected chi connectivity index (χ3v) is 3.77. The van der Waals surface area contributed by atoms with Crippen molar-refractivity contribution < 1.29 is 4.79 Å². The number of amides is 2. The third kappa shape index (κ3) is 3.49. The highest BCUT2D eigenvalue weighted by Gasteiger charge is 2.04. The van der Waals surface area contributed by atoms with Crippen LogP contribution in [0.5, 0.6) is 0 Å². The second-order valence-electron chi connectivity index (χ2n) is 4.50. The molecule has 21 heavy (non-hydrogen) atoms. The third-order valence-electron chi connectivity index (χ3n) is 2.99. The van der Waals surface area contributed by atoms with Gasteiger partial charge in [0.1, 0.15) is 0 Å². The fourth-order valence-electron chi connectivity index (χ4n) is 2.03.